The van der Waals surface area contributed by atoms with Crippen molar-refractivity contribution in [1.29, 1.82) is 0 Å². The van der Waals surface area contributed by atoms with E-state index < -0.39 is 0 Å². The predicted octanol–water partition coefficient (Wildman–Crippen LogP) is 1.81. The summed E-state index contributed by atoms with van der Waals surface area (Å²) in [6.07, 6.45) is 7.10. The molecule has 4 rings (SSSR count). The van der Waals surface area contributed by atoms with Crippen molar-refractivity contribution in [2.24, 2.45) is 5.41 Å². The van der Waals surface area contributed by atoms with Crippen LogP contribution in [-0.4, -0.2) is 30.3 Å². The maximum atomic E-state index is 5.67. The summed E-state index contributed by atoms with van der Waals surface area (Å²) in [6, 6.07) is 4.01. The highest BCUT2D eigenvalue weighted by molar-refractivity contribution is 5.53. The Morgan fingerprint density at radius 1 is 1.22 bits per heavy atom. The molecular weight excluding hydrogens is 226 g/mol. The average molecular weight is 245 g/mol. The highest BCUT2D eigenvalue weighted by atomic mass is 16.5. The Labute approximate surface area is 107 Å². The van der Waals surface area contributed by atoms with Crippen molar-refractivity contribution in [2.45, 2.75) is 31.2 Å². The van der Waals surface area contributed by atoms with E-state index in [-0.39, 0.29) is 0 Å². The molecule has 3 fully saturated rings. The van der Waals surface area contributed by atoms with Crippen molar-refractivity contribution in [3.8, 4) is 0 Å². The maximum absolute atomic E-state index is 5.67. The minimum atomic E-state index is 0.403. The molecule has 1 aromatic heterocycles. The number of pyridine rings is 1. The Balaban J connectivity index is 1.61. The van der Waals surface area contributed by atoms with Crippen LogP contribution in [0.3, 0.4) is 0 Å². The molecule has 2 spiro atoms. The summed E-state index contributed by atoms with van der Waals surface area (Å²) in [5.41, 5.74) is 7.80. The van der Waals surface area contributed by atoms with E-state index in [1.165, 1.54) is 31.4 Å². The topological polar surface area (TPSA) is 51.4 Å². The van der Waals surface area contributed by atoms with Crippen LogP contribution < -0.4 is 10.6 Å². The molecule has 3 heterocycles. The molecule has 3 aliphatic rings. The molecule has 0 atom stereocenters. The maximum Gasteiger partial charge on any atom is 0.123 e. The van der Waals surface area contributed by atoms with Gasteiger partial charge in [0, 0.05) is 17.5 Å². The Hall–Kier alpha value is -1.29. The van der Waals surface area contributed by atoms with Crippen LogP contribution in [0.15, 0.2) is 18.3 Å². The predicted molar refractivity (Wildman–Crippen MR) is 70.4 cm³/mol. The molecule has 0 bridgehead atoms. The third-order valence-electron chi connectivity index (χ3n) is 4.87. The fourth-order valence-electron chi connectivity index (χ4n) is 3.66. The molecular formula is C14H19N3O. The van der Waals surface area contributed by atoms with Crippen LogP contribution in [0.2, 0.25) is 0 Å². The average Bonchev–Trinajstić information content (AvgIpc) is 3.09. The summed E-state index contributed by atoms with van der Waals surface area (Å²) in [5.74, 6) is 0.601. The smallest absolute Gasteiger partial charge is 0.123 e. The van der Waals surface area contributed by atoms with Gasteiger partial charge in [-0.2, -0.15) is 0 Å². The first-order chi connectivity index (χ1) is 8.72. The molecule has 0 aromatic carbocycles. The normalized spacial score (nSPS) is 27.2. The van der Waals surface area contributed by atoms with E-state index in [9.17, 15) is 0 Å². The van der Waals surface area contributed by atoms with Crippen LogP contribution in [0, 0.1) is 5.41 Å². The molecule has 1 aliphatic carbocycles. The van der Waals surface area contributed by atoms with Gasteiger partial charge < -0.3 is 15.4 Å². The van der Waals surface area contributed by atoms with Crippen LogP contribution in [0.4, 0.5) is 11.5 Å². The van der Waals surface area contributed by atoms with Gasteiger partial charge in [0.25, 0.3) is 0 Å². The van der Waals surface area contributed by atoms with Gasteiger partial charge in [-0.3, -0.25) is 0 Å². The van der Waals surface area contributed by atoms with Crippen LogP contribution >= 0.6 is 0 Å². The van der Waals surface area contributed by atoms with E-state index in [0.717, 1.165) is 19.8 Å². The van der Waals surface area contributed by atoms with Gasteiger partial charge in [0.1, 0.15) is 5.82 Å². The minimum Gasteiger partial charge on any atom is -0.384 e. The molecule has 4 heteroatoms. The summed E-state index contributed by atoms with van der Waals surface area (Å²) in [6.45, 7) is 3.08. The largest absolute Gasteiger partial charge is 0.384 e. The van der Waals surface area contributed by atoms with E-state index in [2.05, 4.69) is 16.0 Å². The highest BCUT2D eigenvalue weighted by Gasteiger charge is 2.58. The second-order valence-electron chi connectivity index (χ2n) is 6.24. The lowest BCUT2D eigenvalue weighted by atomic mass is 9.72. The summed E-state index contributed by atoms with van der Waals surface area (Å²) >= 11 is 0. The van der Waals surface area contributed by atoms with Crippen LogP contribution in [0.5, 0.6) is 0 Å². The van der Waals surface area contributed by atoms with Gasteiger partial charge in [-0.25, -0.2) is 4.98 Å². The van der Waals surface area contributed by atoms with Gasteiger partial charge in [-0.1, -0.05) is 0 Å². The molecule has 0 radical (unpaired) electrons. The van der Waals surface area contributed by atoms with E-state index in [1.807, 2.05) is 12.3 Å². The molecule has 4 nitrogen and oxygen atoms in total. The molecule has 0 amide bonds. The lowest BCUT2D eigenvalue weighted by Crippen LogP contribution is -2.56. The molecule has 2 saturated heterocycles. The second kappa shape index (κ2) is 3.38. The number of anilines is 2. The van der Waals surface area contributed by atoms with E-state index >= 15 is 0 Å². The number of piperidine rings is 1. The van der Waals surface area contributed by atoms with E-state index in [1.54, 1.807) is 0 Å². The SMILES string of the molecule is Nc1ccc(N2CCC3(COC3)CC23CC3)cn1. The van der Waals surface area contributed by atoms with Crippen LogP contribution in [-0.2, 0) is 4.74 Å². The lowest BCUT2D eigenvalue weighted by Gasteiger charge is -2.52. The molecule has 2 N–H and O–H groups in total. The molecule has 1 aromatic rings. The van der Waals surface area contributed by atoms with Crippen molar-refractivity contribution >= 4 is 11.5 Å². The van der Waals surface area contributed by atoms with Crippen molar-refractivity contribution in [1.82, 2.24) is 4.98 Å². The first-order valence-electron chi connectivity index (χ1n) is 6.79. The van der Waals surface area contributed by atoms with Gasteiger partial charge in [-0.05, 0) is 37.8 Å². The number of aromatic nitrogens is 1. The number of nitrogens with two attached hydrogens (primary N) is 1. The molecule has 2 aliphatic heterocycles. The first kappa shape index (κ1) is 10.6. The van der Waals surface area contributed by atoms with Crippen molar-refractivity contribution in [3.63, 3.8) is 0 Å². The number of rotatable bonds is 1. The third-order valence-corrected chi connectivity index (χ3v) is 4.87. The summed E-state index contributed by atoms with van der Waals surface area (Å²) in [5, 5.41) is 0. The van der Waals surface area contributed by atoms with Gasteiger partial charge >= 0.3 is 0 Å². The van der Waals surface area contributed by atoms with Gasteiger partial charge in [0.15, 0.2) is 0 Å². The summed E-state index contributed by atoms with van der Waals surface area (Å²) in [7, 11) is 0. The zero-order chi connectivity index (χ0) is 12.2. The molecule has 0 unspecified atom stereocenters. The Kier molecular flexibility index (Phi) is 1.99. The van der Waals surface area contributed by atoms with Crippen molar-refractivity contribution < 1.29 is 4.74 Å². The standard InChI is InChI=1S/C14H19N3O/c15-12-2-1-11(7-16-12)17-6-5-13(9-18-10-13)8-14(17)3-4-14/h1-2,7H,3-6,8-10H2,(H2,15,16). The molecule has 96 valence electrons. The van der Waals surface area contributed by atoms with Gasteiger partial charge in [-0.15, -0.1) is 0 Å². The Morgan fingerprint density at radius 2 is 2.06 bits per heavy atom. The van der Waals surface area contributed by atoms with Gasteiger partial charge in [0.2, 0.25) is 0 Å². The fourth-order valence-corrected chi connectivity index (χ4v) is 3.66. The lowest BCUT2D eigenvalue weighted by molar-refractivity contribution is -0.132. The zero-order valence-corrected chi connectivity index (χ0v) is 10.6. The Morgan fingerprint density at radius 3 is 2.61 bits per heavy atom. The number of ether oxygens (including phenoxy) is 1. The first-order valence-corrected chi connectivity index (χ1v) is 6.79. The van der Waals surface area contributed by atoms with Crippen molar-refractivity contribution in [3.05, 3.63) is 18.3 Å². The van der Waals surface area contributed by atoms with Crippen LogP contribution in [0.1, 0.15) is 25.7 Å². The number of hydrogen-bond donors (Lipinski definition) is 1. The fraction of sp³-hybridized carbons (Fsp3) is 0.643. The Bertz CT molecular complexity index is 462. The number of hydrogen-bond acceptors (Lipinski definition) is 4. The quantitative estimate of drug-likeness (QED) is 0.820. The van der Waals surface area contributed by atoms with Gasteiger partial charge in [0.05, 0.1) is 25.1 Å². The zero-order valence-electron chi connectivity index (χ0n) is 10.6. The second-order valence-corrected chi connectivity index (χ2v) is 6.24. The monoisotopic (exact) mass is 245 g/mol. The minimum absolute atomic E-state index is 0.403. The number of nitrogen functional groups attached to an aromatic ring is 1. The van der Waals surface area contributed by atoms with E-state index in [0.29, 0.717) is 16.8 Å². The highest BCUT2D eigenvalue weighted by Crippen LogP contribution is 2.57. The molecule has 1 saturated carbocycles. The number of nitrogens with zero attached hydrogens (tertiary/aromatic N) is 2. The van der Waals surface area contributed by atoms with Crippen molar-refractivity contribution in [2.75, 3.05) is 30.4 Å². The van der Waals surface area contributed by atoms with Crippen LogP contribution in [0.25, 0.3) is 0 Å². The molecule has 18 heavy (non-hydrogen) atoms. The summed E-state index contributed by atoms with van der Waals surface area (Å²) < 4.78 is 5.45. The third kappa shape index (κ3) is 1.45. The summed E-state index contributed by atoms with van der Waals surface area (Å²) in [4.78, 5) is 6.79. The van der Waals surface area contributed by atoms with E-state index in [4.69, 9.17) is 10.5 Å².